The van der Waals surface area contributed by atoms with Gasteiger partial charge in [0.25, 0.3) is 0 Å². The quantitative estimate of drug-likeness (QED) is 0.671. The van der Waals surface area contributed by atoms with Gasteiger partial charge in [0, 0.05) is 50.3 Å². The average molecular weight is 300 g/mol. The van der Waals surface area contributed by atoms with E-state index in [2.05, 4.69) is 10.6 Å². The van der Waals surface area contributed by atoms with E-state index in [1.165, 1.54) is 25.0 Å². The molecule has 2 fully saturated rings. The molecule has 0 aromatic carbocycles. The Kier molecular flexibility index (Phi) is 6.65. The molecule has 0 radical (unpaired) electrons. The van der Waals surface area contributed by atoms with Gasteiger partial charge in [-0.25, -0.2) is 0 Å². The van der Waals surface area contributed by atoms with Crippen LogP contribution in [0.3, 0.4) is 0 Å². The molecule has 1 aliphatic carbocycles. The van der Waals surface area contributed by atoms with Crippen LogP contribution in [0.4, 0.5) is 0 Å². The second kappa shape index (κ2) is 8.25. The van der Waals surface area contributed by atoms with Gasteiger partial charge in [0.05, 0.1) is 0 Å². The summed E-state index contributed by atoms with van der Waals surface area (Å²) in [5.74, 6) is 2.43. The van der Waals surface area contributed by atoms with Crippen molar-refractivity contribution in [1.82, 2.24) is 10.6 Å². The molecule has 0 spiro atoms. The second-order valence-electron chi connectivity index (χ2n) is 6.01. The maximum Gasteiger partial charge on any atom is 0.221 e. The van der Waals surface area contributed by atoms with Crippen LogP contribution < -0.4 is 10.6 Å². The number of thioether (sulfide) groups is 1. The van der Waals surface area contributed by atoms with Crippen molar-refractivity contribution >= 4 is 17.7 Å². The van der Waals surface area contributed by atoms with Crippen molar-refractivity contribution in [3.63, 3.8) is 0 Å². The van der Waals surface area contributed by atoms with Crippen LogP contribution in [-0.2, 0) is 9.53 Å². The maximum absolute atomic E-state index is 12.0. The van der Waals surface area contributed by atoms with Crippen molar-refractivity contribution in [2.75, 3.05) is 37.8 Å². The molecule has 4 nitrogen and oxygen atoms in total. The number of hydrogen-bond acceptors (Lipinski definition) is 4. The van der Waals surface area contributed by atoms with Gasteiger partial charge >= 0.3 is 0 Å². The SMILES string of the molecule is CCOCCC1(CNC(=O)CC2CSCCN2)CCC1. The van der Waals surface area contributed by atoms with E-state index >= 15 is 0 Å². The number of amides is 1. The minimum Gasteiger partial charge on any atom is -0.382 e. The summed E-state index contributed by atoms with van der Waals surface area (Å²) in [6.45, 7) is 5.50. The molecule has 0 bridgehead atoms. The van der Waals surface area contributed by atoms with Crippen molar-refractivity contribution < 1.29 is 9.53 Å². The third kappa shape index (κ3) is 4.93. The summed E-state index contributed by atoms with van der Waals surface area (Å²) in [4.78, 5) is 12.0. The van der Waals surface area contributed by atoms with Crippen LogP contribution in [-0.4, -0.2) is 49.8 Å². The minimum atomic E-state index is 0.202. The molecule has 2 rings (SSSR count). The van der Waals surface area contributed by atoms with E-state index in [1.54, 1.807) is 0 Å². The highest BCUT2D eigenvalue weighted by molar-refractivity contribution is 7.99. The Balaban J connectivity index is 1.65. The van der Waals surface area contributed by atoms with E-state index < -0.39 is 0 Å². The van der Waals surface area contributed by atoms with Gasteiger partial charge in [-0.2, -0.15) is 11.8 Å². The van der Waals surface area contributed by atoms with Gasteiger partial charge in [-0.1, -0.05) is 6.42 Å². The second-order valence-corrected chi connectivity index (χ2v) is 7.16. The Hall–Kier alpha value is -0.260. The van der Waals surface area contributed by atoms with Crippen molar-refractivity contribution in [3.8, 4) is 0 Å². The molecule has 1 saturated carbocycles. The first-order chi connectivity index (χ1) is 9.74. The van der Waals surface area contributed by atoms with Crippen molar-refractivity contribution in [2.24, 2.45) is 5.41 Å². The number of ether oxygens (including phenoxy) is 1. The fourth-order valence-corrected chi connectivity index (χ4v) is 3.91. The van der Waals surface area contributed by atoms with E-state index in [4.69, 9.17) is 4.74 Å². The average Bonchev–Trinajstić information content (AvgIpc) is 2.42. The van der Waals surface area contributed by atoms with Crippen LogP contribution in [0.5, 0.6) is 0 Å². The maximum atomic E-state index is 12.0. The number of hydrogen-bond donors (Lipinski definition) is 2. The largest absolute Gasteiger partial charge is 0.382 e. The van der Waals surface area contributed by atoms with Crippen LogP contribution in [0.25, 0.3) is 0 Å². The smallest absolute Gasteiger partial charge is 0.221 e. The predicted octanol–water partition coefficient (Wildman–Crippen LogP) is 1.79. The predicted molar refractivity (Wildman–Crippen MR) is 84.1 cm³/mol. The molecule has 1 atom stereocenters. The van der Waals surface area contributed by atoms with Gasteiger partial charge in [0.2, 0.25) is 5.91 Å². The topological polar surface area (TPSA) is 50.4 Å². The van der Waals surface area contributed by atoms with Crippen LogP contribution >= 0.6 is 11.8 Å². The zero-order chi connectivity index (χ0) is 14.3. The molecule has 1 amide bonds. The number of rotatable bonds is 8. The van der Waals surface area contributed by atoms with Gasteiger partial charge in [-0.3, -0.25) is 4.79 Å². The van der Waals surface area contributed by atoms with Crippen LogP contribution in [0.2, 0.25) is 0 Å². The van der Waals surface area contributed by atoms with E-state index in [1.807, 2.05) is 18.7 Å². The molecule has 116 valence electrons. The highest BCUT2D eigenvalue weighted by atomic mass is 32.2. The Bertz CT molecular complexity index is 302. The summed E-state index contributed by atoms with van der Waals surface area (Å²) in [5, 5.41) is 6.57. The number of nitrogens with one attached hydrogen (secondary N) is 2. The van der Waals surface area contributed by atoms with Crippen LogP contribution in [0.15, 0.2) is 0 Å². The molecule has 1 heterocycles. The normalized spacial score (nSPS) is 24.9. The van der Waals surface area contributed by atoms with Gasteiger partial charge in [0.1, 0.15) is 0 Å². The first-order valence-corrected chi connectivity index (χ1v) is 9.05. The fraction of sp³-hybridized carbons (Fsp3) is 0.933. The molecule has 2 aliphatic rings. The van der Waals surface area contributed by atoms with Gasteiger partial charge in [-0.15, -0.1) is 0 Å². The zero-order valence-corrected chi connectivity index (χ0v) is 13.4. The molecule has 1 unspecified atom stereocenters. The van der Waals surface area contributed by atoms with E-state index in [0.717, 1.165) is 38.5 Å². The summed E-state index contributed by atoms with van der Waals surface area (Å²) in [6.07, 6.45) is 5.46. The molecule has 20 heavy (non-hydrogen) atoms. The summed E-state index contributed by atoms with van der Waals surface area (Å²) < 4.78 is 5.47. The standard InChI is InChI=1S/C15H28N2O2S/c1-2-19-8-6-15(4-3-5-15)12-17-14(18)10-13-11-20-9-7-16-13/h13,16H,2-12H2,1H3,(H,17,18). The van der Waals surface area contributed by atoms with E-state index in [0.29, 0.717) is 17.9 Å². The van der Waals surface area contributed by atoms with Crippen molar-refractivity contribution in [3.05, 3.63) is 0 Å². The summed E-state index contributed by atoms with van der Waals surface area (Å²) in [7, 11) is 0. The Morgan fingerprint density at radius 1 is 1.50 bits per heavy atom. The Labute approximate surface area is 126 Å². The van der Waals surface area contributed by atoms with Gasteiger partial charge < -0.3 is 15.4 Å². The Morgan fingerprint density at radius 2 is 2.35 bits per heavy atom. The molecule has 0 aromatic heterocycles. The monoisotopic (exact) mass is 300 g/mol. The summed E-state index contributed by atoms with van der Waals surface area (Å²) in [6, 6.07) is 0.356. The highest BCUT2D eigenvalue weighted by Crippen LogP contribution is 2.43. The molecule has 5 heteroatoms. The summed E-state index contributed by atoms with van der Waals surface area (Å²) in [5.41, 5.74) is 0.319. The highest BCUT2D eigenvalue weighted by Gasteiger charge is 2.36. The van der Waals surface area contributed by atoms with Gasteiger partial charge in [-0.05, 0) is 31.6 Å². The van der Waals surface area contributed by atoms with E-state index in [9.17, 15) is 4.79 Å². The minimum absolute atomic E-state index is 0.202. The van der Waals surface area contributed by atoms with Gasteiger partial charge in [0.15, 0.2) is 0 Å². The first-order valence-electron chi connectivity index (χ1n) is 7.90. The molecule has 2 N–H and O–H groups in total. The summed E-state index contributed by atoms with van der Waals surface area (Å²) >= 11 is 1.94. The number of carbonyl (C=O) groups is 1. The zero-order valence-electron chi connectivity index (χ0n) is 12.6. The Morgan fingerprint density at radius 3 is 2.95 bits per heavy atom. The molecule has 0 aromatic rings. The molecular formula is C15H28N2O2S. The first kappa shape index (κ1) is 16.1. The lowest BCUT2D eigenvalue weighted by Gasteiger charge is -2.42. The molecular weight excluding hydrogens is 272 g/mol. The number of carbonyl (C=O) groups excluding carboxylic acids is 1. The van der Waals surface area contributed by atoms with Crippen molar-refractivity contribution in [1.29, 1.82) is 0 Å². The molecule has 1 aliphatic heterocycles. The van der Waals surface area contributed by atoms with Crippen LogP contribution in [0.1, 0.15) is 39.0 Å². The molecule has 1 saturated heterocycles. The lowest BCUT2D eigenvalue weighted by Crippen LogP contribution is -2.46. The fourth-order valence-electron chi connectivity index (χ4n) is 2.96. The third-order valence-electron chi connectivity index (χ3n) is 4.49. The third-order valence-corrected chi connectivity index (χ3v) is 5.62. The van der Waals surface area contributed by atoms with E-state index in [-0.39, 0.29) is 5.91 Å². The van der Waals surface area contributed by atoms with Crippen molar-refractivity contribution in [2.45, 2.75) is 45.1 Å². The van der Waals surface area contributed by atoms with Crippen LogP contribution in [0, 0.1) is 5.41 Å². The lowest BCUT2D eigenvalue weighted by molar-refractivity contribution is -0.122. The lowest BCUT2D eigenvalue weighted by atomic mass is 9.66.